The number of thiophene rings is 1. The number of nitrogens with two attached hydrogens (primary N) is 1. The fourth-order valence-electron chi connectivity index (χ4n) is 2.13. The molecule has 1 unspecified atom stereocenters. The molecule has 100 valence electrons. The van der Waals surface area contributed by atoms with Crippen molar-refractivity contribution in [3.8, 4) is 0 Å². The van der Waals surface area contributed by atoms with Gasteiger partial charge < -0.3 is 5.73 Å². The van der Waals surface area contributed by atoms with Crippen molar-refractivity contribution in [2.75, 3.05) is 0 Å². The second kappa shape index (κ2) is 5.55. The molecule has 1 amide bonds. The molecule has 19 heavy (non-hydrogen) atoms. The highest BCUT2D eigenvalue weighted by Crippen LogP contribution is 2.24. The SMILES string of the molecule is Cc1ccccc1C(C)(NCc1cccs1)C(N)=O. The van der Waals surface area contributed by atoms with Crippen LogP contribution in [0.15, 0.2) is 41.8 Å². The fourth-order valence-corrected chi connectivity index (χ4v) is 2.77. The fraction of sp³-hybridized carbons (Fsp3) is 0.267. The Balaban J connectivity index is 2.28. The molecule has 2 aromatic rings. The van der Waals surface area contributed by atoms with Crippen molar-refractivity contribution in [2.24, 2.45) is 5.73 Å². The number of benzene rings is 1. The Morgan fingerprint density at radius 2 is 2.05 bits per heavy atom. The molecule has 0 aliphatic carbocycles. The van der Waals surface area contributed by atoms with Gasteiger partial charge in [-0.2, -0.15) is 0 Å². The summed E-state index contributed by atoms with van der Waals surface area (Å²) < 4.78 is 0. The first-order chi connectivity index (χ1) is 9.04. The molecule has 0 bridgehead atoms. The number of amides is 1. The molecule has 0 aliphatic heterocycles. The molecule has 2 rings (SSSR count). The summed E-state index contributed by atoms with van der Waals surface area (Å²) >= 11 is 1.66. The summed E-state index contributed by atoms with van der Waals surface area (Å²) in [7, 11) is 0. The Hall–Kier alpha value is -1.65. The molecule has 1 heterocycles. The van der Waals surface area contributed by atoms with Gasteiger partial charge in [0.15, 0.2) is 0 Å². The highest BCUT2D eigenvalue weighted by molar-refractivity contribution is 7.09. The van der Waals surface area contributed by atoms with E-state index in [9.17, 15) is 4.79 Å². The Bertz CT molecular complexity index is 565. The quantitative estimate of drug-likeness (QED) is 0.880. The highest BCUT2D eigenvalue weighted by Gasteiger charge is 2.33. The standard InChI is InChI=1S/C15H18N2OS/c1-11-6-3-4-8-13(11)15(2,14(16)18)17-10-12-7-5-9-19-12/h3-9,17H,10H2,1-2H3,(H2,16,18). The minimum Gasteiger partial charge on any atom is -0.368 e. The molecule has 1 atom stereocenters. The molecule has 0 spiro atoms. The van der Waals surface area contributed by atoms with Crippen molar-refractivity contribution < 1.29 is 4.79 Å². The minimum absolute atomic E-state index is 0.363. The number of hydrogen-bond acceptors (Lipinski definition) is 3. The number of carbonyl (C=O) groups is 1. The second-order valence-corrected chi connectivity index (χ2v) is 5.77. The first-order valence-electron chi connectivity index (χ1n) is 6.17. The van der Waals surface area contributed by atoms with Crippen LogP contribution in [-0.2, 0) is 16.9 Å². The van der Waals surface area contributed by atoms with Crippen molar-refractivity contribution in [1.82, 2.24) is 5.32 Å². The predicted molar refractivity (Wildman–Crippen MR) is 78.9 cm³/mol. The van der Waals surface area contributed by atoms with Crippen LogP contribution >= 0.6 is 11.3 Å². The van der Waals surface area contributed by atoms with Crippen molar-refractivity contribution in [3.63, 3.8) is 0 Å². The van der Waals surface area contributed by atoms with Crippen LogP contribution in [0.3, 0.4) is 0 Å². The van der Waals surface area contributed by atoms with Gasteiger partial charge >= 0.3 is 0 Å². The average Bonchev–Trinajstić information content (AvgIpc) is 2.89. The van der Waals surface area contributed by atoms with Crippen LogP contribution in [-0.4, -0.2) is 5.91 Å². The van der Waals surface area contributed by atoms with Crippen LogP contribution in [0.1, 0.15) is 22.9 Å². The number of aryl methyl sites for hydroxylation is 1. The molecule has 0 radical (unpaired) electrons. The third kappa shape index (κ3) is 2.85. The molecular weight excluding hydrogens is 256 g/mol. The zero-order chi connectivity index (χ0) is 13.9. The molecule has 0 aliphatic rings. The Kier molecular flexibility index (Phi) is 4.02. The van der Waals surface area contributed by atoms with Gasteiger partial charge in [0.2, 0.25) is 5.91 Å². The molecular formula is C15H18N2OS. The lowest BCUT2D eigenvalue weighted by molar-refractivity contribution is -0.124. The Morgan fingerprint density at radius 1 is 1.32 bits per heavy atom. The van der Waals surface area contributed by atoms with Gasteiger partial charge in [0.1, 0.15) is 5.54 Å². The van der Waals surface area contributed by atoms with Crippen LogP contribution in [0.4, 0.5) is 0 Å². The summed E-state index contributed by atoms with van der Waals surface area (Å²) in [6.07, 6.45) is 0. The summed E-state index contributed by atoms with van der Waals surface area (Å²) in [4.78, 5) is 13.1. The van der Waals surface area contributed by atoms with Gasteiger partial charge in [-0.1, -0.05) is 30.3 Å². The first-order valence-corrected chi connectivity index (χ1v) is 7.05. The largest absolute Gasteiger partial charge is 0.368 e. The van der Waals surface area contributed by atoms with E-state index >= 15 is 0 Å². The van der Waals surface area contributed by atoms with Crippen molar-refractivity contribution in [3.05, 3.63) is 57.8 Å². The van der Waals surface area contributed by atoms with Gasteiger partial charge in [0.05, 0.1) is 0 Å². The van der Waals surface area contributed by atoms with Gasteiger partial charge in [0, 0.05) is 11.4 Å². The third-order valence-corrected chi connectivity index (χ3v) is 4.25. The molecule has 1 aromatic heterocycles. The number of primary amides is 1. The number of carbonyl (C=O) groups excluding carboxylic acids is 1. The van der Waals surface area contributed by atoms with E-state index in [1.807, 2.05) is 55.6 Å². The normalized spacial score (nSPS) is 14.0. The van der Waals surface area contributed by atoms with E-state index in [1.54, 1.807) is 11.3 Å². The molecule has 3 N–H and O–H groups in total. The highest BCUT2D eigenvalue weighted by atomic mass is 32.1. The van der Waals surface area contributed by atoms with Crippen LogP contribution in [0, 0.1) is 6.92 Å². The smallest absolute Gasteiger partial charge is 0.242 e. The summed E-state index contributed by atoms with van der Waals surface area (Å²) in [5, 5.41) is 5.31. The number of hydrogen-bond donors (Lipinski definition) is 2. The Morgan fingerprint density at radius 3 is 2.63 bits per heavy atom. The van der Waals surface area contributed by atoms with Crippen LogP contribution in [0.2, 0.25) is 0 Å². The number of rotatable bonds is 5. The maximum Gasteiger partial charge on any atom is 0.242 e. The van der Waals surface area contributed by atoms with Gasteiger partial charge in [0.25, 0.3) is 0 Å². The predicted octanol–water partition coefficient (Wildman–Crippen LogP) is 2.55. The van der Waals surface area contributed by atoms with E-state index in [1.165, 1.54) is 4.88 Å². The monoisotopic (exact) mass is 274 g/mol. The molecule has 4 heteroatoms. The summed E-state index contributed by atoms with van der Waals surface area (Å²) in [6, 6.07) is 11.9. The molecule has 0 saturated carbocycles. The van der Waals surface area contributed by atoms with E-state index in [0.29, 0.717) is 6.54 Å². The summed E-state index contributed by atoms with van der Waals surface area (Å²) in [5.41, 5.74) is 6.75. The van der Waals surface area contributed by atoms with Crippen molar-refractivity contribution in [1.29, 1.82) is 0 Å². The topological polar surface area (TPSA) is 55.1 Å². The summed E-state index contributed by atoms with van der Waals surface area (Å²) in [6.45, 7) is 4.46. The maximum atomic E-state index is 11.9. The summed E-state index contributed by atoms with van der Waals surface area (Å²) in [5.74, 6) is -0.363. The Labute approximate surface area is 117 Å². The van der Waals surface area contributed by atoms with Gasteiger partial charge in [-0.25, -0.2) is 0 Å². The van der Waals surface area contributed by atoms with Crippen LogP contribution < -0.4 is 11.1 Å². The van der Waals surface area contributed by atoms with Crippen LogP contribution in [0.25, 0.3) is 0 Å². The number of nitrogens with one attached hydrogen (secondary N) is 1. The van der Waals surface area contributed by atoms with Gasteiger partial charge in [-0.05, 0) is 36.4 Å². The van der Waals surface area contributed by atoms with Gasteiger partial charge in [-0.3, -0.25) is 10.1 Å². The van der Waals surface area contributed by atoms with Crippen molar-refractivity contribution in [2.45, 2.75) is 25.9 Å². The van der Waals surface area contributed by atoms with E-state index in [2.05, 4.69) is 5.32 Å². The van der Waals surface area contributed by atoms with Gasteiger partial charge in [-0.15, -0.1) is 11.3 Å². The molecule has 1 aromatic carbocycles. The van der Waals surface area contributed by atoms with E-state index < -0.39 is 5.54 Å². The minimum atomic E-state index is -0.852. The third-order valence-electron chi connectivity index (χ3n) is 3.37. The molecule has 3 nitrogen and oxygen atoms in total. The molecule has 0 saturated heterocycles. The van der Waals surface area contributed by atoms with E-state index in [-0.39, 0.29) is 5.91 Å². The lowest BCUT2D eigenvalue weighted by Crippen LogP contribution is -2.50. The second-order valence-electron chi connectivity index (χ2n) is 4.74. The first kappa shape index (κ1) is 13.8. The molecule has 0 fully saturated rings. The van der Waals surface area contributed by atoms with Crippen LogP contribution in [0.5, 0.6) is 0 Å². The zero-order valence-electron chi connectivity index (χ0n) is 11.1. The van der Waals surface area contributed by atoms with Crippen molar-refractivity contribution >= 4 is 17.2 Å². The average molecular weight is 274 g/mol. The maximum absolute atomic E-state index is 11.9. The lowest BCUT2D eigenvalue weighted by atomic mass is 9.88. The zero-order valence-corrected chi connectivity index (χ0v) is 12.0. The van der Waals surface area contributed by atoms with E-state index in [0.717, 1.165) is 11.1 Å². The van der Waals surface area contributed by atoms with E-state index in [4.69, 9.17) is 5.73 Å². The lowest BCUT2D eigenvalue weighted by Gasteiger charge is -2.29.